The van der Waals surface area contributed by atoms with E-state index in [0.717, 1.165) is 5.56 Å². The minimum absolute atomic E-state index is 0.0320. The summed E-state index contributed by atoms with van der Waals surface area (Å²) >= 11 is 6.16. The topological polar surface area (TPSA) is 103 Å². The van der Waals surface area contributed by atoms with Crippen molar-refractivity contribution in [3.8, 4) is 5.75 Å². The molecule has 40 heavy (non-hydrogen) atoms. The highest BCUT2D eigenvalue weighted by atomic mass is 35.5. The van der Waals surface area contributed by atoms with E-state index in [0.29, 0.717) is 27.7 Å². The van der Waals surface area contributed by atoms with Crippen molar-refractivity contribution in [3.63, 3.8) is 0 Å². The van der Waals surface area contributed by atoms with Crippen molar-refractivity contribution in [2.24, 2.45) is 10.8 Å². The number of anilines is 2. The molecular weight excluding hydrogens is 536 g/mol. The Bertz CT molecular complexity index is 1410. The third-order valence-corrected chi connectivity index (χ3v) is 8.02. The van der Waals surface area contributed by atoms with E-state index >= 15 is 0 Å². The molecule has 5 rings (SSSR count). The Morgan fingerprint density at radius 2 is 1.50 bits per heavy atom. The maximum atomic E-state index is 14.2. The Morgan fingerprint density at radius 1 is 0.900 bits per heavy atom. The number of nitrogens with one attached hydrogen (secondary N) is 1. The number of ether oxygens (including phenoxy) is 3. The average molecular weight is 565 g/mol. The van der Waals surface area contributed by atoms with Crippen LogP contribution in [0.2, 0.25) is 5.02 Å². The molecule has 1 spiro atoms. The van der Waals surface area contributed by atoms with Crippen LogP contribution in [0.5, 0.6) is 5.75 Å². The summed E-state index contributed by atoms with van der Waals surface area (Å²) in [7, 11) is 3.96. The second-order valence-corrected chi connectivity index (χ2v) is 10.4. The number of hydrogen-bond acceptors (Lipinski definition) is 8. The van der Waals surface area contributed by atoms with Gasteiger partial charge in [0.1, 0.15) is 17.9 Å². The summed E-state index contributed by atoms with van der Waals surface area (Å²) in [5.74, 6) is -1.44. The van der Waals surface area contributed by atoms with Crippen LogP contribution in [0.25, 0.3) is 0 Å². The summed E-state index contributed by atoms with van der Waals surface area (Å²) in [6.45, 7) is 1.95. The summed E-state index contributed by atoms with van der Waals surface area (Å²) in [4.78, 5) is 47.6. The number of nitrogens with zero attached hydrogens (tertiary/aromatic N) is 1. The van der Waals surface area contributed by atoms with Gasteiger partial charge in [-0.2, -0.15) is 0 Å². The van der Waals surface area contributed by atoms with Crippen LogP contribution in [0, 0.1) is 17.8 Å². The standard InChI is InChI=1S/C30H29ClN2O7/c1-18-5-13-22(14-6-18)33-24(26(34)32-21-11-15-23(37-2)16-12-21)29(17-30(29,27(35)38-3)28(36)39-4)25(40-33)19-7-9-20(31)10-8-19/h5-16,24-25H,17H2,1-4H3,(H,32,34)/t24-,25+,29-/m1/s1. The molecule has 0 aromatic heterocycles. The molecule has 3 atom stereocenters. The van der Waals surface area contributed by atoms with Crippen LogP contribution >= 0.6 is 11.6 Å². The Labute approximate surface area is 236 Å². The fourth-order valence-corrected chi connectivity index (χ4v) is 5.87. The van der Waals surface area contributed by atoms with Gasteiger partial charge in [-0.05, 0) is 67.4 Å². The highest BCUT2D eigenvalue weighted by Crippen LogP contribution is 2.77. The number of carbonyl (C=O) groups excluding carboxylic acids is 3. The molecule has 1 heterocycles. The monoisotopic (exact) mass is 564 g/mol. The zero-order valence-corrected chi connectivity index (χ0v) is 23.2. The molecule has 1 saturated heterocycles. The third-order valence-electron chi connectivity index (χ3n) is 7.77. The van der Waals surface area contributed by atoms with Gasteiger partial charge in [-0.15, -0.1) is 0 Å². The lowest BCUT2D eigenvalue weighted by molar-refractivity contribution is -0.164. The highest BCUT2D eigenvalue weighted by Gasteiger charge is 2.88. The molecule has 3 aromatic carbocycles. The lowest BCUT2D eigenvalue weighted by Gasteiger charge is -2.28. The minimum Gasteiger partial charge on any atom is -0.497 e. The van der Waals surface area contributed by atoms with Gasteiger partial charge in [0.2, 0.25) is 5.91 Å². The number of methoxy groups -OCH3 is 3. The van der Waals surface area contributed by atoms with Crippen LogP contribution < -0.4 is 15.1 Å². The van der Waals surface area contributed by atoms with Gasteiger partial charge in [0.25, 0.3) is 0 Å². The Hall–Kier alpha value is -4.08. The number of esters is 2. The third kappa shape index (κ3) is 4.26. The fourth-order valence-electron chi connectivity index (χ4n) is 5.74. The van der Waals surface area contributed by atoms with E-state index in [1.54, 1.807) is 55.6 Å². The Morgan fingerprint density at radius 3 is 2.05 bits per heavy atom. The summed E-state index contributed by atoms with van der Waals surface area (Å²) in [6, 6.07) is 20.0. The number of benzene rings is 3. The molecule has 3 aromatic rings. The number of hydrogen-bond donors (Lipinski definition) is 1. The minimum atomic E-state index is -1.79. The van der Waals surface area contributed by atoms with Crippen LogP contribution in [0.15, 0.2) is 72.8 Å². The van der Waals surface area contributed by atoms with Gasteiger partial charge in [-0.25, -0.2) is 5.06 Å². The van der Waals surface area contributed by atoms with Gasteiger partial charge in [0.15, 0.2) is 5.41 Å². The van der Waals surface area contributed by atoms with E-state index in [9.17, 15) is 14.4 Å². The van der Waals surface area contributed by atoms with Gasteiger partial charge < -0.3 is 19.5 Å². The molecule has 0 unspecified atom stereocenters. The largest absolute Gasteiger partial charge is 0.497 e. The smallest absolute Gasteiger partial charge is 0.324 e. The number of carbonyl (C=O) groups is 3. The number of halogens is 1. The molecule has 1 N–H and O–H groups in total. The first kappa shape index (κ1) is 27.5. The van der Waals surface area contributed by atoms with Crippen LogP contribution in [0.1, 0.15) is 23.7 Å². The first-order valence-corrected chi connectivity index (χ1v) is 13.0. The van der Waals surface area contributed by atoms with Crippen LogP contribution in [0.4, 0.5) is 11.4 Å². The lowest BCUT2D eigenvalue weighted by Crippen LogP contribution is -2.48. The molecule has 0 bridgehead atoms. The van der Waals surface area contributed by atoms with Crippen molar-refractivity contribution < 1.29 is 33.4 Å². The number of hydroxylamine groups is 1. The van der Waals surface area contributed by atoms with Gasteiger partial charge in [-0.1, -0.05) is 41.4 Å². The zero-order chi connectivity index (χ0) is 28.7. The van der Waals surface area contributed by atoms with E-state index in [4.69, 9.17) is 30.6 Å². The Balaban J connectivity index is 1.68. The molecule has 1 amide bonds. The first-order valence-electron chi connectivity index (χ1n) is 12.6. The number of aryl methyl sites for hydroxylation is 1. The molecule has 1 saturated carbocycles. The SMILES string of the molecule is COC(=O)C1(C(=O)OC)C[C@@]12[C@H](c1ccc(Cl)cc1)ON(c1ccc(C)cc1)[C@@H]2C(=O)Nc1ccc(OC)cc1. The molecule has 10 heteroatoms. The molecule has 9 nitrogen and oxygen atoms in total. The van der Waals surface area contributed by atoms with Crippen molar-refractivity contribution >= 4 is 40.8 Å². The van der Waals surface area contributed by atoms with Gasteiger partial charge in [0, 0.05) is 10.7 Å². The van der Waals surface area contributed by atoms with E-state index in [1.807, 2.05) is 31.2 Å². The molecule has 1 aliphatic carbocycles. The van der Waals surface area contributed by atoms with Crippen LogP contribution in [-0.2, 0) is 28.7 Å². The van der Waals surface area contributed by atoms with Gasteiger partial charge in [0.05, 0.1) is 32.4 Å². The predicted octanol–water partition coefficient (Wildman–Crippen LogP) is 4.88. The van der Waals surface area contributed by atoms with Gasteiger partial charge in [-0.3, -0.25) is 19.2 Å². The Kier molecular flexibility index (Phi) is 7.20. The molecular formula is C30H29ClN2O7. The second kappa shape index (κ2) is 10.5. The van der Waals surface area contributed by atoms with Crippen LogP contribution in [-0.4, -0.2) is 45.2 Å². The van der Waals surface area contributed by atoms with E-state index in [2.05, 4.69) is 5.32 Å². The molecule has 2 fully saturated rings. The molecule has 2 aliphatic rings. The fraction of sp³-hybridized carbons (Fsp3) is 0.300. The second-order valence-electron chi connectivity index (χ2n) is 9.92. The van der Waals surface area contributed by atoms with Crippen LogP contribution in [0.3, 0.4) is 0 Å². The summed E-state index contributed by atoms with van der Waals surface area (Å²) in [5.41, 5.74) is -0.439. The van der Waals surface area contributed by atoms with Crippen molar-refractivity contribution in [2.75, 3.05) is 31.7 Å². The normalized spacial score (nSPS) is 22.5. The zero-order valence-electron chi connectivity index (χ0n) is 22.5. The summed E-state index contributed by atoms with van der Waals surface area (Å²) in [5, 5.41) is 4.91. The number of amides is 1. The van der Waals surface area contributed by atoms with Gasteiger partial charge >= 0.3 is 11.9 Å². The highest BCUT2D eigenvalue weighted by molar-refractivity contribution is 6.30. The van der Waals surface area contributed by atoms with E-state index < -0.39 is 40.8 Å². The van der Waals surface area contributed by atoms with Crippen molar-refractivity contribution in [2.45, 2.75) is 25.5 Å². The molecule has 0 radical (unpaired) electrons. The lowest BCUT2D eigenvalue weighted by atomic mass is 9.78. The van der Waals surface area contributed by atoms with Crippen molar-refractivity contribution in [1.82, 2.24) is 0 Å². The quantitative estimate of drug-likeness (QED) is 0.320. The number of rotatable bonds is 7. The summed E-state index contributed by atoms with van der Waals surface area (Å²) < 4.78 is 15.5. The first-order chi connectivity index (χ1) is 19.2. The van der Waals surface area contributed by atoms with E-state index in [-0.39, 0.29) is 6.42 Å². The molecule has 1 aliphatic heterocycles. The summed E-state index contributed by atoms with van der Waals surface area (Å²) in [6.07, 6.45) is -0.925. The molecule has 208 valence electrons. The average Bonchev–Trinajstić information content (AvgIpc) is 3.54. The predicted molar refractivity (Wildman–Crippen MR) is 148 cm³/mol. The van der Waals surface area contributed by atoms with E-state index in [1.165, 1.54) is 19.3 Å². The maximum Gasteiger partial charge on any atom is 0.324 e. The van der Waals surface area contributed by atoms with Crippen molar-refractivity contribution in [3.05, 3.63) is 88.9 Å². The van der Waals surface area contributed by atoms with Crippen molar-refractivity contribution in [1.29, 1.82) is 0 Å². The maximum absolute atomic E-state index is 14.2.